The van der Waals surface area contributed by atoms with Crippen molar-refractivity contribution in [2.75, 3.05) is 0 Å². The molecule has 24 heavy (non-hydrogen) atoms. The summed E-state index contributed by atoms with van der Waals surface area (Å²) in [7, 11) is 0. The van der Waals surface area contributed by atoms with Crippen LogP contribution in [0.4, 0.5) is 0 Å². The van der Waals surface area contributed by atoms with Gasteiger partial charge in [0.05, 0.1) is 11.5 Å². The predicted molar refractivity (Wildman–Crippen MR) is 86.0 cm³/mol. The summed E-state index contributed by atoms with van der Waals surface area (Å²) >= 11 is 1.35. The molecule has 0 aliphatic carbocycles. The van der Waals surface area contributed by atoms with Crippen molar-refractivity contribution in [2.45, 2.75) is 17.4 Å². The van der Waals surface area contributed by atoms with E-state index in [1.54, 1.807) is 18.4 Å². The van der Waals surface area contributed by atoms with Gasteiger partial charge in [-0.05, 0) is 31.2 Å². The van der Waals surface area contributed by atoms with Crippen molar-refractivity contribution in [2.24, 2.45) is 0 Å². The van der Waals surface area contributed by atoms with Gasteiger partial charge in [0.2, 0.25) is 11.8 Å². The maximum Gasteiger partial charge on any atom is 0.284 e. The fraction of sp³-hybridized carbons (Fsp3) is 0.125. The van der Waals surface area contributed by atoms with Gasteiger partial charge in [-0.2, -0.15) is 0 Å². The third-order valence-corrected chi connectivity index (χ3v) is 4.15. The van der Waals surface area contributed by atoms with Crippen LogP contribution in [0, 0.1) is 0 Å². The Balaban J connectivity index is 1.49. The van der Waals surface area contributed by atoms with Gasteiger partial charge in [0.1, 0.15) is 0 Å². The molecule has 0 saturated carbocycles. The van der Waals surface area contributed by atoms with Crippen LogP contribution in [-0.2, 0) is 0 Å². The molecule has 1 unspecified atom stereocenters. The highest BCUT2D eigenvalue weighted by molar-refractivity contribution is 7.99. The van der Waals surface area contributed by atoms with Gasteiger partial charge in [0.15, 0.2) is 5.76 Å². The summed E-state index contributed by atoms with van der Waals surface area (Å²) in [6, 6.07) is 13.1. The SMILES string of the molecule is CC(Sc1nnc(-c2ccco2)o1)c1nnc(-c2ccccc2)o1. The van der Waals surface area contributed by atoms with Crippen molar-refractivity contribution in [3.63, 3.8) is 0 Å². The van der Waals surface area contributed by atoms with E-state index < -0.39 is 0 Å². The fourth-order valence-electron chi connectivity index (χ4n) is 2.06. The monoisotopic (exact) mass is 340 g/mol. The zero-order chi connectivity index (χ0) is 16.4. The van der Waals surface area contributed by atoms with E-state index in [1.807, 2.05) is 37.3 Å². The highest BCUT2D eigenvalue weighted by Crippen LogP contribution is 2.35. The fourth-order valence-corrected chi connectivity index (χ4v) is 2.77. The molecule has 0 aliphatic rings. The molecule has 4 aromatic rings. The quantitative estimate of drug-likeness (QED) is 0.498. The number of aromatic nitrogens is 4. The molecule has 0 aliphatic heterocycles. The van der Waals surface area contributed by atoms with Crippen molar-refractivity contribution in [3.05, 3.63) is 54.6 Å². The minimum Gasteiger partial charge on any atom is -0.459 e. The number of rotatable bonds is 5. The molecule has 0 radical (unpaired) electrons. The molecular formula is C16H12N4O3S. The molecule has 3 aromatic heterocycles. The van der Waals surface area contributed by atoms with Gasteiger partial charge < -0.3 is 13.3 Å². The first-order valence-corrected chi connectivity index (χ1v) is 8.10. The van der Waals surface area contributed by atoms with E-state index in [0.717, 1.165) is 5.56 Å². The lowest BCUT2D eigenvalue weighted by Gasteiger charge is -2.01. The molecule has 120 valence electrons. The van der Waals surface area contributed by atoms with E-state index in [-0.39, 0.29) is 5.25 Å². The molecular weight excluding hydrogens is 328 g/mol. The lowest BCUT2D eigenvalue weighted by molar-refractivity contribution is 0.444. The van der Waals surface area contributed by atoms with E-state index in [2.05, 4.69) is 20.4 Å². The second kappa shape index (κ2) is 6.32. The number of thioether (sulfide) groups is 1. The Kier molecular flexibility index (Phi) is 3.87. The van der Waals surface area contributed by atoms with Crippen LogP contribution >= 0.6 is 11.8 Å². The average molecular weight is 340 g/mol. The largest absolute Gasteiger partial charge is 0.459 e. The summed E-state index contributed by atoms with van der Waals surface area (Å²) in [4.78, 5) is 0. The van der Waals surface area contributed by atoms with Crippen molar-refractivity contribution in [1.29, 1.82) is 0 Å². The molecule has 0 saturated heterocycles. The number of hydrogen-bond donors (Lipinski definition) is 0. The van der Waals surface area contributed by atoms with Gasteiger partial charge in [0.25, 0.3) is 11.1 Å². The van der Waals surface area contributed by atoms with Crippen LogP contribution < -0.4 is 0 Å². The van der Waals surface area contributed by atoms with Gasteiger partial charge in [0, 0.05) is 5.56 Å². The molecule has 4 rings (SSSR count). The molecule has 8 heteroatoms. The van der Waals surface area contributed by atoms with Crippen LogP contribution in [0.3, 0.4) is 0 Å². The first-order chi connectivity index (χ1) is 11.8. The summed E-state index contributed by atoms with van der Waals surface area (Å²) in [5, 5.41) is 16.4. The van der Waals surface area contributed by atoms with Crippen molar-refractivity contribution >= 4 is 11.8 Å². The molecule has 7 nitrogen and oxygen atoms in total. The second-order valence-corrected chi connectivity index (χ2v) is 6.21. The summed E-state index contributed by atoms with van der Waals surface area (Å²) in [5.41, 5.74) is 0.881. The number of nitrogens with zero attached hydrogens (tertiary/aromatic N) is 4. The molecule has 0 spiro atoms. The van der Waals surface area contributed by atoms with Crippen LogP contribution in [0.25, 0.3) is 23.1 Å². The zero-order valence-electron chi connectivity index (χ0n) is 12.6. The molecule has 0 bridgehead atoms. The van der Waals surface area contributed by atoms with E-state index >= 15 is 0 Å². The zero-order valence-corrected chi connectivity index (χ0v) is 13.4. The second-order valence-electron chi connectivity index (χ2n) is 4.92. The number of furan rings is 1. The Hall–Kier alpha value is -2.87. The van der Waals surface area contributed by atoms with Crippen molar-refractivity contribution in [3.8, 4) is 23.1 Å². The highest BCUT2D eigenvalue weighted by atomic mass is 32.2. The Morgan fingerprint density at radius 1 is 0.875 bits per heavy atom. The first-order valence-electron chi connectivity index (χ1n) is 7.22. The van der Waals surface area contributed by atoms with Crippen LogP contribution in [0.1, 0.15) is 18.1 Å². The van der Waals surface area contributed by atoms with Crippen LogP contribution in [0.2, 0.25) is 0 Å². The Labute approximate surface area is 141 Å². The number of benzene rings is 1. The number of hydrogen-bond acceptors (Lipinski definition) is 8. The predicted octanol–water partition coefficient (Wildman–Crippen LogP) is 4.23. The third-order valence-electron chi connectivity index (χ3n) is 3.23. The summed E-state index contributed by atoms with van der Waals surface area (Å²) < 4.78 is 16.5. The smallest absolute Gasteiger partial charge is 0.284 e. The van der Waals surface area contributed by atoms with Gasteiger partial charge in [-0.25, -0.2) is 0 Å². The Morgan fingerprint density at radius 2 is 1.71 bits per heavy atom. The highest BCUT2D eigenvalue weighted by Gasteiger charge is 2.20. The van der Waals surface area contributed by atoms with Crippen molar-refractivity contribution in [1.82, 2.24) is 20.4 Å². The maximum absolute atomic E-state index is 5.73. The van der Waals surface area contributed by atoms with Gasteiger partial charge in [-0.15, -0.1) is 20.4 Å². The topological polar surface area (TPSA) is 91.0 Å². The lowest BCUT2D eigenvalue weighted by atomic mass is 10.2. The Morgan fingerprint density at radius 3 is 2.50 bits per heavy atom. The van der Waals surface area contributed by atoms with Crippen LogP contribution in [-0.4, -0.2) is 20.4 Å². The minimum atomic E-state index is -0.125. The maximum atomic E-state index is 5.73. The summed E-state index contributed by atoms with van der Waals surface area (Å²) in [5.74, 6) is 1.85. The van der Waals surface area contributed by atoms with Crippen molar-refractivity contribution < 1.29 is 13.3 Å². The molecule has 0 N–H and O–H groups in total. The van der Waals surface area contributed by atoms with Gasteiger partial charge >= 0.3 is 0 Å². The average Bonchev–Trinajstić information content (AvgIpc) is 3.36. The molecule has 1 aromatic carbocycles. The molecule has 0 amide bonds. The Bertz CT molecular complexity index is 918. The lowest BCUT2D eigenvalue weighted by Crippen LogP contribution is -1.88. The first kappa shape index (κ1) is 14.7. The van der Waals surface area contributed by atoms with E-state index in [4.69, 9.17) is 13.3 Å². The van der Waals surface area contributed by atoms with E-state index in [0.29, 0.717) is 28.7 Å². The summed E-state index contributed by atoms with van der Waals surface area (Å²) in [6.45, 7) is 1.93. The standard InChI is InChI=1S/C16H12N4O3S/c1-10(13-17-18-14(22-13)11-6-3-2-4-7-11)24-16-20-19-15(23-16)12-8-5-9-21-12/h2-10H,1H3. The molecule has 3 heterocycles. The van der Waals surface area contributed by atoms with Crippen LogP contribution in [0.5, 0.6) is 0 Å². The molecule has 1 atom stereocenters. The molecule has 0 fully saturated rings. The van der Waals surface area contributed by atoms with Crippen LogP contribution in [0.15, 0.2) is 67.2 Å². The van der Waals surface area contributed by atoms with Gasteiger partial charge in [-0.3, -0.25) is 0 Å². The summed E-state index contributed by atoms with van der Waals surface area (Å²) in [6.07, 6.45) is 1.55. The van der Waals surface area contributed by atoms with E-state index in [1.165, 1.54) is 11.8 Å². The van der Waals surface area contributed by atoms with Gasteiger partial charge in [-0.1, -0.05) is 30.0 Å². The minimum absolute atomic E-state index is 0.125. The van der Waals surface area contributed by atoms with E-state index in [9.17, 15) is 0 Å². The normalized spacial score (nSPS) is 12.4. The third kappa shape index (κ3) is 2.95.